The highest BCUT2D eigenvalue weighted by Crippen LogP contribution is 2.53. The minimum Gasteiger partial charge on any atom is -0.372 e. The molecule has 0 spiro atoms. The average Bonchev–Trinajstić information content (AvgIpc) is 3.10. The lowest BCUT2D eigenvalue weighted by Crippen LogP contribution is -2.29. The van der Waals surface area contributed by atoms with Crippen molar-refractivity contribution in [2.24, 2.45) is 5.92 Å². The van der Waals surface area contributed by atoms with Gasteiger partial charge in [0.1, 0.15) is 4.33 Å². The minimum atomic E-state index is -0.863. The van der Waals surface area contributed by atoms with E-state index in [2.05, 4.69) is 22.3 Å². The van der Waals surface area contributed by atoms with Crippen LogP contribution in [0.15, 0.2) is 24.3 Å². The number of piperidine rings is 1. The van der Waals surface area contributed by atoms with Crippen molar-refractivity contribution in [3.05, 3.63) is 24.3 Å². The van der Waals surface area contributed by atoms with Gasteiger partial charge in [0, 0.05) is 24.5 Å². The monoisotopic (exact) mass is 312 g/mol. The number of nitrogens with zero attached hydrogens (tertiary/aromatic N) is 1. The van der Waals surface area contributed by atoms with E-state index in [1.54, 1.807) is 0 Å². The lowest BCUT2D eigenvalue weighted by Gasteiger charge is -2.28. The fraction of sp³-hybridized carbons (Fsp3) is 0.533. The summed E-state index contributed by atoms with van der Waals surface area (Å²) in [4.78, 5) is 14.3. The van der Waals surface area contributed by atoms with E-state index in [1.807, 2.05) is 12.1 Å². The number of amides is 1. The van der Waals surface area contributed by atoms with Gasteiger partial charge in [0.15, 0.2) is 0 Å². The number of carbonyl (C=O) groups is 1. The van der Waals surface area contributed by atoms with Gasteiger partial charge in [-0.15, -0.1) is 23.2 Å². The maximum atomic E-state index is 11.9. The van der Waals surface area contributed by atoms with Gasteiger partial charge in [-0.25, -0.2) is 0 Å². The Labute approximate surface area is 129 Å². The third kappa shape index (κ3) is 3.04. The number of hydrogen-bond donors (Lipinski definition) is 1. The number of rotatable bonds is 3. The van der Waals surface area contributed by atoms with Crippen molar-refractivity contribution >= 4 is 40.5 Å². The Hall–Kier alpha value is -0.930. The van der Waals surface area contributed by atoms with E-state index in [-0.39, 0.29) is 11.8 Å². The summed E-state index contributed by atoms with van der Waals surface area (Å²) < 4.78 is -0.863. The van der Waals surface area contributed by atoms with E-state index < -0.39 is 4.33 Å². The fourth-order valence-corrected chi connectivity index (χ4v) is 3.14. The van der Waals surface area contributed by atoms with E-state index in [0.29, 0.717) is 6.42 Å². The van der Waals surface area contributed by atoms with Crippen molar-refractivity contribution in [2.75, 3.05) is 23.3 Å². The third-order valence-electron chi connectivity index (χ3n) is 4.00. The Bertz CT molecular complexity index is 495. The van der Waals surface area contributed by atoms with Crippen LogP contribution in [0.5, 0.6) is 0 Å². The Morgan fingerprint density at radius 3 is 2.30 bits per heavy atom. The van der Waals surface area contributed by atoms with Crippen molar-refractivity contribution in [3.8, 4) is 0 Å². The number of nitrogens with one attached hydrogen (secondary N) is 1. The summed E-state index contributed by atoms with van der Waals surface area (Å²) in [6.45, 7) is 2.24. The molecule has 108 valence electrons. The van der Waals surface area contributed by atoms with Gasteiger partial charge in [-0.3, -0.25) is 4.79 Å². The minimum absolute atomic E-state index is 0.0966. The second kappa shape index (κ2) is 5.45. The summed E-state index contributed by atoms with van der Waals surface area (Å²) in [5.41, 5.74) is 2.02. The zero-order valence-electron chi connectivity index (χ0n) is 11.2. The van der Waals surface area contributed by atoms with Gasteiger partial charge < -0.3 is 10.2 Å². The Balaban J connectivity index is 1.60. The van der Waals surface area contributed by atoms with Gasteiger partial charge in [0.05, 0.1) is 5.92 Å². The van der Waals surface area contributed by atoms with Crippen LogP contribution in [0, 0.1) is 5.92 Å². The molecule has 3 nitrogen and oxygen atoms in total. The predicted molar refractivity (Wildman–Crippen MR) is 83.7 cm³/mol. The van der Waals surface area contributed by atoms with E-state index in [9.17, 15) is 4.79 Å². The van der Waals surface area contributed by atoms with Crippen molar-refractivity contribution in [1.29, 1.82) is 0 Å². The van der Waals surface area contributed by atoms with Crippen LogP contribution >= 0.6 is 23.2 Å². The molecule has 0 aromatic heterocycles. The second-order valence-electron chi connectivity index (χ2n) is 5.60. The first kappa shape index (κ1) is 14.0. The topological polar surface area (TPSA) is 32.3 Å². The molecule has 2 aliphatic rings. The molecule has 1 saturated carbocycles. The fourth-order valence-electron chi connectivity index (χ4n) is 2.63. The van der Waals surface area contributed by atoms with Gasteiger partial charge in [-0.2, -0.15) is 0 Å². The molecule has 1 aromatic rings. The van der Waals surface area contributed by atoms with Crippen LogP contribution in [0.4, 0.5) is 11.4 Å². The van der Waals surface area contributed by atoms with Gasteiger partial charge in [0.25, 0.3) is 0 Å². The Kier molecular flexibility index (Phi) is 3.83. The number of hydrogen-bond acceptors (Lipinski definition) is 2. The number of benzene rings is 1. The summed E-state index contributed by atoms with van der Waals surface area (Å²) in [6, 6.07) is 7.99. The molecule has 1 aliphatic heterocycles. The molecule has 1 heterocycles. The molecule has 0 radical (unpaired) electrons. The molecular weight excluding hydrogens is 295 g/mol. The van der Waals surface area contributed by atoms with Crippen LogP contribution in [0.3, 0.4) is 0 Å². The van der Waals surface area contributed by atoms with Crippen LogP contribution in [0.25, 0.3) is 0 Å². The molecule has 5 heteroatoms. The normalized spacial score (nSPS) is 24.3. The highest BCUT2D eigenvalue weighted by atomic mass is 35.5. The third-order valence-corrected chi connectivity index (χ3v) is 4.83. The lowest BCUT2D eigenvalue weighted by atomic mass is 10.1. The standard InChI is InChI=1S/C15H18Cl2N2O/c16-15(17)10-13(15)14(20)18-11-4-6-12(7-5-11)19-8-2-1-3-9-19/h4-7,13H,1-3,8-10H2,(H,18,20)/t13-/m1/s1. The van der Waals surface area contributed by atoms with E-state index >= 15 is 0 Å². The van der Waals surface area contributed by atoms with Crippen LogP contribution in [-0.2, 0) is 4.79 Å². The molecule has 1 saturated heterocycles. The van der Waals surface area contributed by atoms with Gasteiger partial charge >= 0.3 is 0 Å². The van der Waals surface area contributed by atoms with E-state index in [0.717, 1.165) is 18.8 Å². The molecule has 1 N–H and O–H groups in total. The lowest BCUT2D eigenvalue weighted by molar-refractivity contribution is -0.117. The first-order valence-corrected chi connectivity index (χ1v) is 7.85. The molecule has 1 atom stereocenters. The first-order valence-electron chi connectivity index (χ1n) is 7.10. The molecule has 20 heavy (non-hydrogen) atoms. The van der Waals surface area contributed by atoms with Crippen LogP contribution in [0.2, 0.25) is 0 Å². The SMILES string of the molecule is O=C(Nc1ccc(N2CCCCC2)cc1)[C@H]1CC1(Cl)Cl. The second-order valence-corrected chi connectivity index (χ2v) is 7.14. The quantitative estimate of drug-likeness (QED) is 0.861. The molecule has 1 aromatic carbocycles. The average molecular weight is 313 g/mol. The molecule has 1 amide bonds. The maximum Gasteiger partial charge on any atom is 0.230 e. The maximum absolute atomic E-state index is 11.9. The summed E-state index contributed by atoms with van der Waals surface area (Å²) in [7, 11) is 0. The molecule has 1 aliphatic carbocycles. The highest BCUT2D eigenvalue weighted by molar-refractivity contribution is 6.52. The van der Waals surface area contributed by atoms with E-state index in [1.165, 1.54) is 24.9 Å². The zero-order valence-corrected chi connectivity index (χ0v) is 12.8. The summed E-state index contributed by atoms with van der Waals surface area (Å²) in [6.07, 6.45) is 4.37. The number of halogens is 2. The van der Waals surface area contributed by atoms with Crippen LogP contribution in [-0.4, -0.2) is 23.3 Å². The molecule has 0 unspecified atom stereocenters. The van der Waals surface area contributed by atoms with Gasteiger partial charge in [-0.05, 0) is 49.9 Å². The summed E-state index contributed by atoms with van der Waals surface area (Å²) in [5, 5.41) is 2.86. The number of carbonyl (C=O) groups excluding carboxylic acids is 1. The van der Waals surface area contributed by atoms with E-state index in [4.69, 9.17) is 23.2 Å². The van der Waals surface area contributed by atoms with Crippen molar-refractivity contribution in [1.82, 2.24) is 0 Å². The van der Waals surface area contributed by atoms with Gasteiger partial charge in [0.2, 0.25) is 5.91 Å². The van der Waals surface area contributed by atoms with Crippen LogP contribution < -0.4 is 10.2 Å². The molecule has 2 fully saturated rings. The Morgan fingerprint density at radius 2 is 1.75 bits per heavy atom. The zero-order chi connectivity index (χ0) is 14.2. The summed E-state index contributed by atoms with van der Waals surface area (Å²) in [5.74, 6) is -0.381. The predicted octanol–water partition coefficient (Wildman–Crippen LogP) is 3.81. The molecule has 3 rings (SSSR count). The smallest absolute Gasteiger partial charge is 0.230 e. The highest BCUT2D eigenvalue weighted by Gasteiger charge is 2.56. The first-order chi connectivity index (χ1) is 9.56. The Morgan fingerprint density at radius 1 is 1.15 bits per heavy atom. The largest absolute Gasteiger partial charge is 0.372 e. The van der Waals surface area contributed by atoms with Gasteiger partial charge in [-0.1, -0.05) is 0 Å². The van der Waals surface area contributed by atoms with Crippen molar-refractivity contribution < 1.29 is 4.79 Å². The molecule has 0 bridgehead atoms. The number of alkyl halides is 2. The van der Waals surface area contributed by atoms with Crippen molar-refractivity contribution in [3.63, 3.8) is 0 Å². The van der Waals surface area contributed by atoms with Crippen LogP contribution in [0.1, 0.15) is 25.7 Å². The summed E-state index contributed by atoms with van der Waals surface area (Å²) >= 11 is 11.8. The number of anilines is 2. The molecular formula is C15H18Cl2N2O. The van der Waals surface area contributed by atoms with Crippen molar-refractivity contribution in [2.45, 2.75) is 30.0 Å².